The van der Waals surface area contributed by atoms with Crippen LogP contribution < -0.4 is 10.8 Å². The number of anilines is 1. The van der Waals surface area contributed by atoms with Crippen LogP contribution >= 0.6 is 11.6 Å². The fourth-order valence-corrected chi connectivity index (χ4v) is 4.19. The fraction of sp³-hybridized carbons (Fsp3) is 0.273. The van der Waals surface area contributed by atoms with Crippen molar-refractivity contribution in [3.63, 3.8) is 0 Å². The Bertz CT molecular complexity index is 1150. The van der Waals surface area contributed by atoms with Crippen LogP contribution in [0.5, 0.6) is 0 Å². The van der Waals surface area contributed by atoms with E-state index in [1.807, 2.05) is 42.5 Å². The summed E-state index contributed by atoms with van der Waals surface area (Å²) in [4.78, 5) is 7.12. The molecule has 4 heterocycles. The first-order chi connectivity index (χ1) is 14.7. The summed E-state index contributed by atoms with van der Waals surface area (Å²) in [5.41, 5.74) is 2.82. The number of fused-ring (bicyclic) bond motifs is 1. The lowest BCUT2D eigenvalue weighted by molar-refractivity contribution is 0.196. The number of benzene rings is 1. The van der Waals surface area contributed by atoms with E-state index in [-0.39, 0.29) is 0 Å². The van der Waals surface area contributed by atoms with Crippen LogP contribution in [0.15, 0.2) is 59.3 Å². The van der Waals surface area contributed by atoms with Gasteiger partial charge in [0.2, 0.25) is 0 Å². The zero-order valence-electron chi connectivity index (χ0n) is 16.5. The Balaban J connectivity index is 1.37. The summed E-state index contributed by atoms with van der Waals surface area (Å²) in [6.07, 6.45) is 5.42. The molecule has 8 heteroatoms. The van der Waals surface area contributed by atoms with Crippen molar-refractivity contribution in [3.8, 4) is 11.3 Å². The van der Waals surface area contributed by atoms with Gasteiger partial charge in [-0.05, 0) is 36.5 Å². The Morgan fingerprint density at radius 2 is 2.00 bits per heavy atom. The number of aromatic nitrogens is 3. The number of halogens is 1. The molecule has 2 radical (unpaired) electrons. The lowest BCUT2D eigenvalue weighted by Gasteiger charge is -2.32. The summed E-state index contributed by atoms with van der Waals surface area (Å²) in [5, 5.41) is 8.73. The molecular formula is C22H21BClN5O. The molecule has 1 aromatic carbocycles. The molecule has 1 saturated heterocycles. The van der Waals surface area contributed by atoms with Crippen molar-refractivity contribution >= 4 is 36.4 Å². The molecule has 0 unspecified atom stereocenters. The summed E-state index contributed by atoms with van der Waals surface area (Å²) in [7, 11) is 6.12. The van der Waals surface area contributed by atoms with Crippen molar-refractivity contribution in [2.24, 2.45) is 0 Å². The van der Waals surface area contributed by atoms with E-state index in [9.17, 15) is 0 Å². The molecule has 30 heavy (non-hydrogen) atoms. The maximum absolute atomic E-state index is 6.41. The molecule has 0 saturated carbocycles. The van der Waals surface area contributed by atoms with Crippen LogP contribution in [0.3, 0.4) is 0 Å². The van der Waals surface area contributed by atoms with Crippen molar-refractivity contribution in [1.82, 2.24) is 19.5 Å². The van der Waals surface area contributed by atoms with Gasteiger partial charge in [0.15, 0.2) is 5.65 Å². The minimum Gasteiger partial charge on any atom is -0.468 e. The molecule has 0 bridgehead atoms. The van der Waals surface area contributed by atoms with E-state index >= 15 is 0 Å². The predicted molar refractivity (Wildman–Crippen MR) is 119 cm³/mol. The van der Waals surface area contributed by atoms with Gasteiger partial charge in [0.25, 0.3) is 0 Å². The average Bonchev–Trinajstić information content (AvgIpc) is 3.40. The number of hydrogen-bond acceptors (Lipinski definition) is 5. The van der Waals surface area contributed by atoms with Crippen LogP contribution in [0.25, 0.3) is 16.9 Å². The molecule has 1 fully saturated rings. The third-order valence-electron chi connectivity index (χ3n) is 5.55. The summed E-state index contributed by atoms with van der Waals surface area (Å²) in [6, 6.07) is 14.0. The van der Waals surface area contributed by atoms with Gasteiger partial charge >= 0.3 is 0 Å². The van der Waals surface area contributed by atoms with Crippen LogP contribution in [0.2, 0.25) is 5.02 Å². The standard InChI is InChI=1S/C22H21BClN5O/c23-18-13-25-29-21(12-20(27-22(18)29)17-5-1-2-6-19(17)24)26-15-7-9-28(10-8-15)14-16-4-3-11-30-16/h1-6,11-13,15,26H,7-10,14H2. The highest BCUT2D eigenvalue weighted by molar-refractivity contribution is 6.36. The summed E-state index contributed by atoms with van der Waals surface area (Å²) in [6.45, 7) is 2.86. The maximum atomic E-state index is 6.41. The second kappa shape index (κ2) is 8.16. The Kier molecular flexibility index (Phi) is 5.23. The number of nitrogens with one attached hydrogen (secondary N) is 1. The number of likely N-dealkylation sites (tertiary alicyclic amines) is 1. The molecule has 1 aliphatic rings. The van der Waals surface area contributed by atoms with Crippen LogP contribution in [-0.4, -0.2) is 46.5 Å². The molecule has 4 aromatic rings. The van der Waals surface area contributed by atoms with E-state index in [4.69, 9.17) is 28.8 Å². The van der Waals surface area contributed by atoms with Crippen LogP contribution in [-0.2, 0) is 6.54 Å². The molecule has 0 atom stereocenters. The molecule has 5 rings (SSSR count). The molecule has 0 amide bonds. The van der Waals surface area contributed by atoms with Crippen LogP contribution in [0.1, 0.15) is 18.6 Å². The number of rotatable bonds is 5. The van der Waals surface area contributed by atoms with E-state index in [1.165, 1.54) is 0 Å². The lowest BCUT2D eigenvalue weighted by atomic mass is 10.0. The molecule has 0 spiro atoms. The van der Waals surface area contributed by atoms with Gasteiger partial charge in [-0.15, -0.1) is 0 Å². The lowest BCUT2D eigenvalue weighted by Crippen LogP contribution is -2.39. The minimum absolute atomic E-state index is 0.341. The van der Waals surface area contributed by atoms with Crippen molar-refractivity contribution in [1.29, 1.82) is 0 Å². The number of nitrogens with zero attached hydrogens (tertiary/aromatic N) is 4. The third kappa shape index (κ3) is 3.83. The smallest absolute Gasteiger partial charge is 0.150 e. The zero-order chi connectivity index (χ0) is 20.5. The van der Waals surface area contributed by atoms with Crippen molar-refractivity contribution in [3.05, 3.63) is 65.7 Å². The first-order valence-electron chi connectivity index (χ1n) is 10.1. The van der Waals surface area contributed by atoms with Gasteiger partial charge < -0.3 is 9.73 Å². The third-order valence-corrected chi connectivity index (χ3v) is 5.88. The number of piperidine rings is 1. The van der Waals surface area contributed by atoms with Crippen molar-refractivity contribution in [2.45, 2.75) is 25.4 Å². The minimum atomic E-state index is 0.341. The maximum Gasteiger partial charge on any atom is 0.150 e. The van der Waals surface area contributed by atoms with Gasteiger partial charge in [-0.1, -0.05) is 29.8 Å². The topological polar surface area (TPSA) is 58.6 Å². The summed E-state index contributed by atoms with van der Waals surface area (Å²) < 4.78 is 7.24. The first-order valence-corrected chi connectivity index (χ1v) is 10.5. The molecule has 1 N–H and O–H groups in total. The van der Waals surface area contributed by atoms with E-state index < -0.39 is 0 Å². The second-order valence-corrected chi connectivity index (χ2v) is 8.02. The SMILES string of the molecule is [B]c1cnn2c(NC3CCN(Cc4ccco4)CC3)cc(-c3ccccc3Cl)nc12. The molecule has 150 valence electrons. The first kappa shape index (κ1) is 19.2. The highest BCUT2D eigenvalue weighted by Crippen LogP contribution is 2.29. The Morgan fingerprint density at radius 3 is 2.77 bits per heavy atom. The van der Waals surface area contributed by atoms with Gasteiger partial charge in [0, 0.05) is 42.0 Å². The molecule has 6 nitrogen and oxygen atoms in total. The van der Waals surface area contributed by atoms with E-state index in [2.05, 4.69) is 15.3 Å². The Hall–Kier alpha value is -2.77. The zero-order valence-corrected chi connectivity index (χ0v) is 17.2. The fourth-order valence-electron chi connectivity index (χ4n) is 3.96. The monoisotopic (exact) mass is 417 g/mol. The van der Waals surface area contributed by atoms with Gasteiger partial charge in [-0.3, -0.25) is 4.90 Å². The number of furan rings is 1. The quantitative estimate of drug-likeness (QED) is 0.504. The highest BCUT2D eigenvalue weighted by atomic mass is 35.5. The van der Waals surface area contributed by atoms with E-state index in [1.54, 1.807) is 17.0 Å². The van der Waals surface area contributed by atoms with Gasteiger partial charge in [0.1, 0.15) is 19.4 Å². The van der Waals surface area contributed by atoms with Crippen molar-refractivity contribution < 1.29 is 4.42 Å². The van der Waals surface area contributed by atoms with Gasteiger partial charge in [-0.2, -0.15) is 9.61 Å². The molecule has 0 aliphatic carbocycles. The average molecular weight is 418 g/mol. The van der Waals surface area contributed by atoms with E-state index in [0.29, 0.717) is 22.2 Å². The second-order valence-electron chi connectivity index (χ2n) is 7.62. The van der Waals surface area contributed by atoms with Gasteiger partial charge in [0.05, 0.1) is 18.5 Å². The Labute approximate surface area is 181 Å². The summed E-state index contributed by atoms with van der Waals surface area (Å²) >= 11 is 6.41. The normalized spacial score (nSPS) is 15.6. The largest absolute Gasteiger partial charge is 0.468 e. The van der Waals surface area contributed by atoms with E-state index in [0.717, 1.165) is 55.3 Å². The molecule has 1 aliphatic heterocycles. The van der Waals surface area contributed by atoms with Crippen molar-refractivity contribution in [2.75, 3.05) is 18.4 Å². The molecular weight excluding hydrogens is 397 g/mol. The number of hydrogen-bond donors (Lipinski definition) is 1. The van der Waals surface area contributed by atoms with Crippen LogP contribution in [0.4, 0.5) is 5.82 Å². The Morgan fingerprint density at radius 1 is 1.17 bits per heavy atom. The summed E-state index contributed by atoms with van der Waals surface area (Å²) in [5.74, 6) is 1.88. The molecule has 3 aromatic heterocycles. The van der Waals surface area contributed by atoms with Gasteiger partial charge in [-0.25, -0.2) is 4.98 Å². The highest BCUT2D eigenvalue weighted by Gasteiger charge is 2.21. The van der Waals surface area contributed by atoms with Crippen LogP contribution in [0, 0.1) is 0 Å². The predicted octanol–water partition coefficient (Wildman–Crippen LogP) is 3.51.